The summed E-state index contributed by atoms with van der Waals surface area (Å²) in [5, 5.41) is 0. The molecule has 0 amide bonds. The molecule has 1 aliphatic rings. The summed E-state index contributed by atoms with van der Waals surface area (Å²) < 4.78 is 2.33. The first-order valence-electron chi connectivity index (χ1n) is 5.68. The molecule has 0 radical (unpaired) electrons. The van der Waals surface area contributed by atoms with Gasteiger partial charge in [0.25, 0.3) is 0 Å². The molecule has 0 spiro atoms. The molecule has 78 valence electrons. The van der Waals surface area contributed by atoms with Crippen LogP contribution in [0.4, 0.5) is 0 Å². The van der Waals surface area contributed by atoms with Crippen LogP contribution in [0.2, 0.25) is 0 Å². The molecule has 1 atom stereocenters. The third-order valence-corrected chi connectivity index (χ3v) is 3.03. The van der Waals surface area contributed by atoms with E-state index in [0.717, 1.165) is 11.8 Å². The fourth-order valence-electron chi connectivity index (χ4n) is 2.50. The van der Waals surface area contributed by atoms with Crippen LogP contribution in [0.15, 0.2) is 6.20 Å². The smallest absolute Gasteiger partial charge is 0.109 e. The number of imidazole rings is 1. The van der Waals surface area contributed by atoms with Crippen molar-refractivity contribution in [2.45, 2.75) is 46.6 Å². The molecule has 2 rings (SSSR count). The Kier molecular flexibility index (Phi) is 2.62. The predicted molar refractivity (Wildman–Crippen MR) is 58.2 cm³/mol. The molecule has 0 N–H and O–H groups in total. The number of nitrogens with zero attached hydrogens (tertiary/aromatic N) is 2. The summed E-state index contributed by atoms with van der Waals surface area (Å²) in [5.74, 6) is 2.99. The lowest BCUT2D eigenvalue weighted by molar-refractivity contribution is 0.324. The lowest BCUT2D eigenvalue weighted by Gasteiger charge is -2.24. The lowest BCUT2D eigenvalue weighted by Crippen LogP contribution is -2.20. The van der Waals surface area contributed by atoms with Crippen molar-refractivity contribution in [3.63, 3.8) is 0 Å². The van der Waals surface area contributed by atoms with Gasteiger partial charge in [-0.1, -0.05) is 13.8 Å². The van der Waals surface area contributed by atoms with Crippen LogP contribution in [-0.2, 0) is 13.0 Å². The van der Waals surface area contributed by atoms with Gasteiger partial charge in [-0.05, 0) is 31.6 Å². The average molecular weight is 192 g/mol. The molecule has 14 heavy (non-hydrogen) atoms. The Hall–Kier alpha value is -0.790. The van der Waals surface area contributed by atoms with Crippen molar-refractivity contribution in [3.05, 3.63) is 17.7 Å². The van der Waals surface area contributed by atoms with Gasteiger partial charge >= 0.3 is 0 Å². The second kappa shape index (κ2) is 3.76. The molecule has 2 heteroatoms. The van der Waals surface area contributed by atoms with Gasteiger partial charge in [0.05, 0.1) is 5.69 Å². The summed E-state index contributed by atoms with van der Waals surface area (Å²) in [7, 11) is 0. The first kappa shape index (κ1) is 9.75. The Morgan fingerprint density at radius 2 is 2.36 bits per heavy atom. The number of hydrogen-bond acceptors (Lipinski definition) is 1. The zero-order chi connectivity index (χ0) is 10.1. The predicted octanol–water partition coefficient (Wildman–Crippen LogP) is 2.80. The molecule has 0 fully saturated rings. The minimum absolute atomic E-state index is 0.822. The maximum Gasteiger partial charge on any atom is 0.109 e. The third kappa shape index (κ3) is 1.99. The molecule has 1 aromatic rings. The summed E-state index contributed by atoms with van der Waals surface area (Å²) in [5.41, 5.74) is 1.17. The van der Waals surface area contributed by atoms with Crippen molar-refractivity contribution in [3.8, 4) is 0 Å². The topological polar surface area (TPSA) is 17.8 Å². The van der Waals surface area contributed by atoms with Crippen LogP contribution < -0.4 is 0 Å². The zero-order valence-corrected chi connectivity index (χ0v) is 9.45. The minimum Gasteiger partial charge on any atom is -0.335 e. The standard InChI is InChI=1S/C12H20N2/c1-9(2)6-11-4-5-14-8-10(3)13-12(14)7-11/h8-9,11H,4-7H2,1-3H3/t11-/m0/s1. The SMILES string of the molecule is Cc1cn2c(n1)C[C@H](CC(C)C)CC2. The van der Waals surface area contributed by atoms with Crippen LogP contribution in [0, 0.1) is 18.8 Å². The van der Waals surface area contributed by atoms with E-state index in [1.807, 2.05) is 0 Å². The quantitative estimate of drug-likeness (QED) is 0.704. The molecule has 1 aliphatic heterocycles. The largest absolute Gasteiger partial charge is 0.335 e. The Morgan fingerprint density at radius 1 is 1.57 bits per heavy atom. The van der Waals surface area contributed by atoms with E-state index in [4.69, 9.17) is 0 Å². The van der Waals surface area contributed by atoms with Crippen LogP contribution in [-0.4, -0.2) is 9.55 Å². The highest BCUT2D eigenvalue weighted by Crippen LogP contribution is 2.25. The van der Waals surface area contributed by atoms with Crippen molar-refractivity contribution < 1.29 is 0 Å². The summed E-state index contributed by atoms with van der Waals surface area (Å²) in [6.45, 7) is 7.88. The first-order valence-corrected chi connectivity index (χ1v) is 5.68. The summed E-state index contributed by atoms with van der Waals surface area (Å²) >= 11 is 0. The average Bonchev–Trinajstić information content (AvgIpc) is 2.42. The van der Waals surface area contributed by atoms with Crippen LogP contribution in [0.25, 0.3) is 0 Å². The summed E-state index contributed by atoms with van der Waals surface area (Å²) in [6.07, 6.45) is 6.06. The third-order valence-electron chi connectivity index (χ3n) is 3.03. The van der Waals surface area contributed by atoms with Crippen molar-refractivity contribution in [1.82, 2.24) is 9.55 Å². The van der Waals surface area contributed by atoms with Gasteiger partial charge < -0.3 is 4.57 Å². The van der Waals surface area contributed by atoms with Gasteiger partial charge in [-0.3, -0.25) is 0 Å². The molecule has 0 unspecified atom stereocenters. The Morgan fingerprint density at radius 3 is 3.07 bits per heavy atom. The molecule has 2 heterocycles. The van der Waals surface area contributed by atoms with Gasteiger partial charge in [0.1, 0.15) is 5.82 Å². The fraction of sp³-hybridized carbons (Fsp3) is 0.750. The molecule has 2 nitrogen and oxygen atoms in total. The number of aromatic nitrogens is 2. The molecule has 1 aromatic heterocycles. The van der Waals surface area contributed by atoms with Crippen molar-refractivity contribution >= 4 is 0 Å². The Bertz CT molecular complexity index is 312. The molecule has 0 aliphatic carbocycles. The second-order valence-electron chi connectivity index (χ2n) is 4.98. The van der Waals surface area contributed by atoms with E-state index in [1.165, 1.54) is 37.3 Å². The van der Waals surface area contributed by atoms with Gasteiger partial charge in [0.2, 0.25) is 0 Å². The molecule has 0 bridgehead atoms. The van der Waals surface area contributed by atoms with Crippen LogP contribution in [0.5, 0.6) is 0 Å². The van der Waals surface area contributed by atoms with Crippen LogP contribution in [0.1, 0.15) is 38.2 Å². The molecule has 0 saturated carbocycles. The zero-order valence-electron chi connectivity index (χ0n) is 9.45. The Labute approximate surface area is 86.3 Å². The minimum atomic E-state index is 0.822. The van der Waals surface area contributed by atoms with Crippen molar-refractivity contribution in [2.24, 2.45) is 11.8 Å². The van der Waals surface area contributed by atoms with Gasteiger partial charge in [0.15, 0.2) is 0 Å². The maximum absolute atomic E-state index is 4.57. The normalized spacial score (nSPS) is 21.3. The highest BCUT2D eigenvalue weighted by Gasteiger charge is 2.20. The van der Waals surface area contributed by atoms with E-state index < -0.39 is 0 Å². The van der Waals surface area contributed by atoms with Crippen LogP contribution >= 0.6 is 0 Å². The maximum atomic E-state index is 4.57. The Balaban J connectivity index is 2.05. The number of aryl methyl sites for hydroxylation is 2. The number of fused-ring (bicyclic) bond motifs is 1. The molecule has 0 aromatic carbocycles. The van der Waals surface area contributed by atoms with E-state index >= 15 is 0 Å². The van der Waals surface area contributed by atoms with Gasteiger partial charge in [-0.25, -0.2) is 4.98 Å². The van der Waals surface area contributed by atoms with E-state index in [1.54, 1.807) is 0 Å². The van der Waals surface area contributed by atoms with Gasteiger partial charge in [-0.15, -0.1) is 0 Å². The summed E-state index contributed by atoms with van der Waals surface area (Å²) in [6, 6.07) is 0. The lowest BCUT2D eigenvalue weighted by atomic mass is 9.89. The summed E-state index contributed by atoms with van der Waals surface area (Å²) in [4.78, 5) is 4.57. The number of hydrogen-bond donors (Lipinski definition) is 0. The second-order valence-corrected chi connectivity index (χ2v) is 4.98. The van der Waals surface area contributed by atoms with E-state index in [-0.39, 0.29) is 0 Å². The van der Waals surface area contributed by atoms with Gasteiger partial charge in [-0.2, -0.15) is 0 Å². The van der Waals surface area contributed by atoms with Gasteiger partial charge in [0, 0.05) is 19.2 Å². The molecule has 0 saturated heterocycles. The van der Waals surface area contributed by atoms with E-state index in [9.17, 15) is 0 Å². The van der Waals surface area contributed by atoms with Crippen molar-refractivity contribution in [1.29, 1.82) is 0 Å². The molecular weight excluding hydrogens is 172 g/mol. The van der Waals surface area contributed by atoms with E-state index in [0.29, 0.717) is 0 Å². The van der Waals surface area contributed by atoms with E-state index in [2.05, 4.69) is 36.5 Å². The highest BCUT2D eigenvalue weighted by atomic mass is 15.1. The molecular formula is C12H20N2. The number of rotatable bonds is 2. The van der Waals surface area contributed by atoms with Crippen molar-refractivity contribution in [2.75, 3.05) is 0 Å². The monoisotopic (exact) mass is 192 g/mol. The first-order chi connectivity index (χ1) is 6.65. The highest BCUT2D eigenvalue weighted by molar-refractivity contribution is 5.05. The van der Waals surface area contributed by atoms with Crippen LogP contribution in [0.3, 0.4) is 0 Å². The fourth-order valence-corrected chi connectivity index (χ4v) is 2.50.